The molecular weight excluding hydrogens is 254 g/mol. The lowest BCUT2D eigenvalue weighted by molar-refractivity contribution is 0.0949. The number of hydrogen-bond donors (Lipinski definition) is 2. The van der Waals surface area contributed by atoms with Crippen molar-refractivity contribution >= 4 is 11.6 Å². The van der Waals surface area contributed by atoms with E-state index in [1.54, 1.807) is 12.1 Å². The third kappa shape index (κ3) is 3.09. The van der Waals surface area contributed by atoms with E-state index in [9.17, 15) is 13.6 Å². The third-order valence-corrected chi connectivity index (χ3v) is 2.57. The molecule has 0 aliphatic carbocycles. The molecule has 1 amide bonds. The highest BCUT2D eigenvalue weighted by Crippen LogP contribution is 2.16. The zero-order chi connectivity index (χ0) is 13.8. The Labute approximate surface area is 108 Å². The number of benzene rings is 1. The van der Waals surface area contributed by atoms with Gasteiger partial charge in [-0.15, -0.1) is 0 Å². The summed E-state index contributed by atoms with van der Waals surface area (Å²) in [6.45, 7) is 0.281. The zero-order valence-electron chi connectivity index (χ0n) is 9.95. The Morgan fingerprint density at radius 2 is 2.11 bits per heavy atom. The van der Waals surface area contributed by atoms with Crippen molar-refractivity contribution in [3.63, 3.8) is 0 Å². The molecule has 0 saturated carbocycles. The van der Waals surface area contributed by atoms with E-state index in [-0.39, 0.29) is 17.8 Å². The van der Waals surface area contributed by atoms with Crippen molar-refractivity contribution in [3.05, 3.63) is 53.5 Å². The van der Waals surface area contributed by atoms with Crippen LogP contribution in [0.5, 0.6) is 0 Å². The lowest BCUT2D eigenvalue weighted by Crippen LogP contribution is -2.26. The summed E-state index contributed by atoms with van der Waals surface area (Å²) in [5, 5.41) is 2.51. The van der Waals surface area contributed by atoms with E-state index < -0.39 is 17.5 Å². The van der Waals surface area contributed by atoms with E-state index in [0.29, 0.717) is 18.2 Å². The minimum Gasteiger partial charge on any atom is -0.469 e. The third-order valence-electron chi connectivity index (χ3n) is 2.57. The number of amides is 1. The molecule has 0 fully saturated rings. The van der Waals surface area contributed by atoms with Crippen LogP contribution in [-0.4, -0.2) is 12.5 Å². The molecule has 1 aromatic heterocycles. The number of carbonyl (C=O) groups is 1. The second-order valence-electron chi connectivity index (χ2n) is 3.94. The van der Waals surface area contributed by atoms with Crippen LogP contribution in [0.15, 0.2) is 34.9 Å². The number of hydrogen-bond acceptors (Lipinski definition) is 3. The van der Waals surface area contributed by atoms with Gasteiger partial charge in [0.15, 0.2) is 0 Å². The van der Waals surface area contributed by atoms with Crippen molar-refractivity contribution < 1.29 is 18.0 Å². The second-order valence-corrected chi connectivity index (χ2v) is 3.94. The number of rotatable bonds is 4. The molecule has 1 aromatic carbocycles. The van der Waals surface area contributed by atoms with Gasteiger partial charge < -0.3 is 15.5 Å². The molecule has 0 spiro atoms. The number of furan rings is 1. The van der Waals surface area contributed by atoms with Crippen LogP contribution in [0.25, 0.3) is 0 Å². The highest BCUT2D eigenvalue weighted by molar-refractivity contribution is 5.95. The zero-order valence-corrected chi connectivity index (χ0v) is 9.95. The Morgan fingerprint density at radius 1 is 1.32 bits per heavy atom. The minimum atomic E-state index is -0.942. The summed E-state index contributed by atoms with van der Waals surface area (Å²) in [4.78, 5) is 11.7. The van der Waals surface area contributed by atoms with E-state index in [1.807, 2.05) is 0 Å². The summed E-state index contributed by atoms with van der Waals surface area (Å²) in [6.07, 6.45) is 2.01. The van der Waals surface area contributed by atoms with Gasteiger partial charge in [-0.1, -0.05) is 0 Å². The predicted octanol–water partition coefficient (Wildman–Crippen LogP) is 2.11. The van der Waals surface area contributed by atoms with E-state index in [4.69, 9.17) is 10.2 Å². The van der Waals surface area contributed by atoms with Gasteiger partial charge >= 0.3 is 0 Å². The quantitative estimate of drug-likeness (QED) is 0.833. The SMILES string of the molecule is Nc1cc(C(=O)NCCc2ccco2)c(F)cc1F. The number of anilines is 1. The van der Waals surface area contributed by atoms with Crippen LogP contribution in [-0.2, 0) is 6.42 Å². The molecule has 19 heavy (non-hydrogen) atoms. The Bertz CT molecular complexity index is 583. The topological polar surface area (TPSA) is 68.3 Å². The molecule has 0 unspecified atom stereocenters. The number of nitrogen functional groups attached to an aromatic ring is 1. The van der Waals surface area contributed by atoms with Crippen LogP contribution in [0.3, 0.4) is 0 Å². The molecule has 0 bridgehead atoms. The van der Waals surface area contributed by atoms with Crippen molar-refractivity contribution in [2.24, 2.45) is 0 Å². The van der Waals surface area contributed by atoms with Crippen molar-refractivity contribution in [2.45, 2.75) is 6.42 Å². The summed E-state index contributed by atoms with van der Waals surface area (Å²) < 4.78 is 31.4. The van der Waals surface area contributed by atoms with Crippen molar-refractivity contribution in [2.75, 3.05) is 12.3 Å². The van der Waals surface area contributed by atoms with Gasteiger partial charge in [-0.3, -0.25) is 4.79 Å². The maximum atomic E-state index is 13.4. The van der Waals surface area contributed by atoms with Gasteiger partial charge in [0.2, 0.25) is 0 Å². The maximum Gasteiger partial charge on any atom is 0.254 e. The lowest BCUT2D eigenvalue weighted by atomic mass is 10.1. The fourth-order valence-corrected chi connectivity index (χ4v) is 1.59. The molecule has 0 radical (unpaired) electrons. The average molecular weight is 266 g/mol. The van der Waals surface area contributed by atoms with Gasteiger partial charge in [0.05, 0.1) is 17.5 Å². The van der Waals surface area contributed by atoms with Crippen LogP contribution in [0.4, 0.5) is 14.5 Å². The first kappa shape index (κ1) is 13.1. The Morgan fingerprint density at radius 3 is 2.79 bits per heavy atom. The molecule has 4 nitrogen and oxygen atoms in total. The molecule has 0 saturated heterocycles. The number of nitrogens with two attached hydrogens (primary N) is 1. The summed E-state index contributed by atoms with van der Waals surface area (Å²) in [6, 6.07) is 5.07. The highest BCUT2D eigenvalue weighted by atomic mass is 19.1. The summed E-state index contributed by atoms with van der Waals surface area (Å²) in [5.41, 5.74) is 4.75. The lowest BCUT2D eigenvalue weighted by Gasteiger charge is -2.06. The van der Waals surface area contributed by atoms with Crippen LogP contribution in [0.2, 0.25) is 0 Å². The first-order valence-corrected chi connectivity index (χ1v) is 5.63. The molecule has 100 valence electrons. The van der Waals surface area contributed by atoms with E-state index in [1.165, 1.54) is 6.26 Å². The molecule has 0 atom stereocenters. The molecule has 2 rings (SSSR count). The molecule has 0 aliphatic heterocycles. The summed E-state index contributed by atoms with van der Waals surface area (Å²) >= 11 is 0. The van der Waals surface area contributed by atoms with Gasteiger partial charge in [-0.2, -0.15) is 0 Å². The maximum absolute atomic E-state index is 13.4. The summed E-state index contributed by atoms with van der Waals surface area (Å²) in [7, 11) is 0. The number of halogens is 2. The van der Waals surface area contributed by atoms with Crippen LogP contribution >= 0.6 is 0 Å². The normalized spacial score (nSPS) is 10.4. The molecule has 0 aliphatic rings. The van der Waals surface area contributed by atoms with Gasteiger partial charge in [-0.25, -0.2) is 8.78 Å². The fraction of sp³-hybridized carbons (Fsp3) is 0.154. The summed E-state index contributed by atoms with van der Waals surface area (Å²) in [5.74, 6) is -1.76. The van der Waals surface area contributed by atoms with Crippen LogP contribution in [0, 0.1) is 11.6 Å². The van der Waals surface area contributed by atoms with E-state index in [0.717, 1.165) is 6.07 Å². The predicted molar refractivity (Wildman–Crippen MR) is 65.5 cm³/mol. The highest BCUT2D eigenvalue weighted by Gasteiger charge is 2.14. The Hall–Kier alpha value is -2.37. The van der Waals surface area contributed by atoms with Crippen molar-refractivity contribution in [1.82, 2.24) is 5.32 Å². The number of nitrogens with one attached hydrogen (secondary N) is 1. The van der Waals surface area contributed by atoms with E-state index in [2.05, 4.69) is 5.32 Å². The fourth-order valence-electron chi connectivity index (χ4n) is 1.59. The minimum absolute atomic E-state index is 0.266. The van der Waals surface area contributed by atoms with E-state index >= 15 is 0 Å². The van der Waals surface area contributed by atoms with Gasteiger partial charge in [0, 0.05) is 19.0 Å². The first-order valence-electron chi connectivity index (χ1n) is 5.63. The molecule has 2 aromatic rings. The monoisotopic (exact) mass is 266 g/mol. The molecule has 1 heterocycles. The van der Waals surface area contributed by atoms with Gasteiger partial charge in [0.25, 0.3) is 5.91 Å². The van der Waals surface area contributed by atoms with Gasteiger partial charge in [0.1, 0.15) is 17.4 Å². The van der Waals surface area contributed by atoms with Crippen LogP contribution in [0.1, 0.15) is 16.1 Å². The largest absolute Gasteiger partial charge is 0.469 e. The Kier molecular flexibility index (Phi) is 3.79. The van der Waals surface area contributed by atoms with Crippen LogP contribution < -0.4 is 11.1 Å². The average Bonchev–Trinajstić information content (AvgIpc) is 2.86. The second kappa shape index (κ2) is 5.51. The molecular formula is C13H12F2N2O2. The molecule has 3 N–H and O–H groups in total. The van der Waals surface area contributed by atoms with Crippen molar-refractivity contribution in [1.29, 1.82) is 0 Å². The molecule has 6 heteroatoms. The number of carbonyl (C=O) groups excluding carboxylic acids is 1. The Balaban J connectivity index is 1.98. The smallest absolute Gasteiger partial charge is 0.254 e. The van der Waals surface area contributed by atoms with Crippen molar-refractivity contribution in [3.8, 4) is 0 Å². The van der Waals surface area contributed by atoms with Gasteiger partial charge in [-0.05, 0) is 18.2 Å². The standard InChI is InChI=1S/C13H12F2N2O2/c14-10-7-11(15)12(16)6-9(10)13(18)17-4-3-8-2-1-5-19-8/h1-2,5-7H,3-4,16H2,(H,17,18). The first-order chi connectivity index (χ1) is 9.08.